The molecule has 1 unspecified atom stereocenters. The molecule has 1 aliphatic carbocycles. The molecule has 0 radical (unpaired) electrons. The van der Waals surface area contributed by atoms with Crippen molar-refractivity contribution >= 4 is 22.5 Å². The Balaban J connectivity index is 1.32. The zero-order valence-corrected chi connectivity index (χ0v) is 30.8. The first kappa shape index (κ1) is 33.6. The SMILES string of the molecule is CCOCCN(C)c1ccc(C2(c3ccc(OC)cc3)C=Cc3c4c(c5cc(OC)ccc5c3O2)-c2ccc(-c3ccccc3)cc2C4(C)C)cc1. The van der Waals surface area contributed by atoms with Crippen molar-refractivity contribution in [1.29, 1.82) is 0 Å². The number of hydrogen-bond acceptors (Lipinski definition) is 5. The summed E-state index contributed by atoms with van der Waals surface area (Å²) in [5, 5.41) is 2.18. The van der Waals surface area contributed by atoms with Crippen LogP contribution in [0.25, 0.3) is 39.1 Å². The van der Waals surface area contributed by atoms with Crippen LogP contribution in [-0.2, 0) is 15.8 Å². The lowest BCUT2D eigenvalue weighted by Crippen LogP contribution is -2.35. The van der Waals surface area contributed by atoms with Gasteiger partial charge in [0.05, 0.1) is 20.8 Å². The van der Waals surface area contributed by atoms with E-state index in [0.717, 1.165) is 56.9 Å². The fraction of sp³-hybridized carbons (Fsp3) is 0.234. The normalized spacial score (nSPS) is 16.5. The Kier molecular flexibility index (Phi) is 8.55. The molecule has 6 aromatic carbocycles. The van der Waals surface area contributed by atoms with Gasteiger partial charge in [-0.05, 0) is 100 Å². The van der Waals surface area contributed by atoms with Crippen molar-refractivity contribution in [3.63, 3.8) is 0 Å². The summed E-state index contributed by atoms with van der Waals surface area (Å²) >= 11 is 0. The first-order valence-corrected chi connectivity index (χ1v) is 18.1. The molecular formula is C47H45NO4. The summed E-state index contributed by atoms with van der Waals surface area (Å²) in [5.74, 6) is 2.49. The third kappa shape index (κ3) is 5.43. The quantitative estimate of drug-likeness (QED) is 0.134. The Labute approximate surface area is 307 Å². The van der Waals surface area contributed by atoms with Gasteiger partial charge in [-0.15, -0.1) is 0 Å². The molecule has 0 aromatic heterocycles. The maximum atomic E-state index is 7.54. The summed E-state index contributed by atoms with van der Waals surface area (Å²) in [7, 11) is 5.53. The van der Waals surface area contributed by atoms with Crippen LogP contribution >= 0.6 is 0 Å². The van der Waals surface area contributed by atoms with E-state index in [0.29, 0.717) is 13.2 Å². The minimum absolute atomic E-state index is 0.293. The van der Waals surface area contributed by atoms with Gasteiger partial charge in [0.25, 0.3) is 0 Å². The highest BCUT2D eigenvalue weighted by atomic mass is 16.5. The van der Waals surface area contributed by atoms with Gasteiger partial charge in [-0.3, -0.25) is 0 Å². The Morgan fingerprint density at radius 3 is 2.10 bits per heavy atom. The van der Waals surface area contributed by atoms with Gasteiger partial charge >= 0.3 is 0 Å². The molecule has 0 saturated carbocycles. The largest absolute Gasteiger partial charge is 0.497 e. The number of hydrogen-bond donors (Lipinski definition) is 0. The van der Waals surface area contributed by atoms with Gasteiger partial charge < -0.3 is 23.8 Å². The predicted octanol–water partition coefficient (Wildman–Crippen LogP) is 10.7. The van der Waals surface area contributed by atoms with Crippen LogP contribution in [0.4, 0.5) is 5.69 Å². The van der Waals surface area contributed by atoms with Crippen molar-refractivity contribution in [1.82, 2.24) is 0 Å². The van der Waals surface area contributed by atoms with E-state index < -0.39 is 5.60 Å². The topological polar surface area (TPSA) is 40.2 Å². The van der Waals surface area contributed by atoms with Crippen molar-refractivity contribution in [3.8, 4) is 39.5 Å². The maximum Gasteiger partial charge on any atom is 0.178 e. The number of nitrogens with zero attached hydrogens (tertiary/aromatic N) is 1. The first-order chi connectivity index (χ1) is 25.3. The van der Waals surface area contributed by atoms with E-state index in [1.807, 2.05) is 25.1 Å². The summed E-state index contributed by atoms with van der Waals surface area (Å²) in [6, 6.07) is 40.9. The van der Waals surface area contributed by atoms with E-state index in [9.17, 15) is 0 Å². The second-order valence-corrected chi connectivity index (χ2v) is 14.2. The van der Waals surface area contributed by atoms with E-state index in [-0.39, 0.29) is 5.41 Å². The van der Waals surface area contributed by atoms with E-state index in [2.05, 4.69) is 135 Å². The third-order valence-electron chi connectivity index (χ3n) is 11.0. The van der Waals surface area contributed by atoms with E-state index in [1.54, 1.807) is 14.2 Å². The third-order valence-corrected chi connectivity index (χ3v) is 11.0. The lowest BCUT2D eigenvalue weighted by molar-refractivity contribution is 0.154. The van der Waals surface area contributed by atoms with Crippen LogP contribution in [0, 0.1) is 0 Å². The summed E-state index contributed by atoms with van der Waals surface area (Å²) in [4.78, 5) is 2.22. The summed E-state index contributed by atoms with van der Waals surface area (Å²) < 4.78 is 24.6. The van der Waals surface area contributed by atoms with Gasteiger partial charge in [0.1, 0.15) is 17.2 Å². The molecule has 0 bridgehead atoms. The van der Waals surface area contributed by atoms with Gasteiger partial charge in [0.15, 0.2) is 5.60 Å². The second kappa shape index (κ2) is 13.2. The minimum Gasteiger partial charge on any atom is -0.497 e. The standard InChI is InChI=1S/C47H45NO4/c1-7-51-28-27-48(4)35-18-14-33(15-19-35)47(34-16-20-36(49-5)21-17-34)26-25-40-44-43(41-30-37(50-6)22-24-38(41)45(40)52-47)39-23-13-32(29-42(39)46(44,2)3)31-11-9-8-10-12-31/h8-26,29-30H,7,27-28H2,1-6H3. The highest BCUT2D eigenvalue weighted by molar-refractivity contribution is 6.09. The monoisotopic (exact) mass is 687 g/mol. The fourth-order valence-electron chi connectivity index (χ4n) is 8.15. The Morgan fingerprint density at radius 1 is 0.712 bits per heavy atom. The number of methoxy groups -OCH3 is 2. The molecule has 0 amide bonds. The average molecular weight is 688 g/mol. The van der Waals surface area contributed by atoms with Crippen molar-refractivity contribution in [2.24, 2.45) is 0 Å². The Hall–Kier alpha value is -5.52. The lowest BCUT2D eigenvalue weighted by atomic mass is 9.76. The van der Waals surface area contributed by atoms with Crippen LogP contribution in [0.2, 0.25) is 0 Å². The van der Waals surface area contributed by atoms with E-state index in [4.69, 9.17) is 18.9 Å². The van der Waals surface area contributed by atoms with Gasteiger partial charge in [0, 0.05) is 53.4 Å². The lowest BCUT2D eigenvalue weighted by Gasteiger charge is -2.38. The number of anilines is 1. The molecule has 5 nitrogen and oxygen atoms in total. The van der Waals surface area contributed by atoms with Crippen LogP contribution in [0.15, 0.2) is 121 Å². The molecular weight excluding hydrogens is 643 g/mol. The predicted molar refractivity (Wildman–Crippen MR) is 213 cm³/mol. The molecule has 0 spiro atoms. The van der Waals surface area contributed by atoms with Gasteiger partial charge in [0.2, 0.25) is 0 Å². The second-order valence-electron chi connectivity index (χ2n) is 14.2. The number of fused-ring (bicyclic) bond motifs is 8. The molecule has 0 fully saturated rings. The van der Waals surface area contributed by atoms with Crippen molar-refractivity contribution < 1.29 is 18.9 Å². The molecule has 0 saturated heterocycles. The molecule has 1 aliphatic heterocycles. The fourth-order valence-corrected chi connectivity index (χ4v) is 8.15. The molecule has 8 rings (SSSR count). The number of likely N-dealkylation sites (N-methyl/N-ethyl adjacent to an activating group) is 1. The number of benzene rings is 6. The van der Waals surface area contributed by atoms with Crippen molar-refractivity contribution in [2.75, 3.05) is 45.9 Å². The molecule has 5 heteroatoms. The summed E-state index contributed by atoms with van der Waals surface area (Å²) in [6.07, 6.45) is 4.55. The van der Waals surface area contributed by atoms with Crippen LogP contribution in [-0.4, -0.2) is 41.0 Å². The summed E-state index contributed by atoms with van der Waals surface area (Å²) in [6.45, 7) is 8.93. The van der Waals surface area contributed by atoms with E-state index >= 15 is 0 Å². The number of ether oxygens (including phenoxy) is 4. The van der Waals surface area contributed by atoms with E-state index in [1.165, 1.54) is 33.4 Å². The van der Waals surface area contributed by atoms with Crippen molar-refractivity contribution in [2.45, 2.75) is 31.8 Å². The minimum atomic E-state index is -0.890. The Morgan fingerprint density at radius 2 is 1.40 bits per heavy atom. The van der Waals surface area contributed by atoms with Gasteiger partial charge in [-0.1, -0.05) is 86.7 Å². The van der Waals surface area contributed by atoms with Crippen LogP contribution < -0.4 is 19.1 Å². The summed E-state index contributed by atoms with van der Waals surface area (Å²) in [5.41, 5.74) is 10.6. The highest BCUT2D eigenvalue weighted by Crippen LogP contribution is 2.59. The number of rotatable bonds is 10. The molecule has 262 valence electrons. The molecule has 6 aromatic rings. The first-order valence-electron chi connectivity index (χ1n) is 18.1. The van der Waals surface area contributed by atoms with Gasteiger partial charge in [-0.2, -0.15) is 0 Å². The molecule has 52 heavy (non-hydrogen) atoms. The smallest absolute Gasteiger partial charge is 0.178 e. The van der Waals surface area contributed by atoms with Crippen LogP contribution in [0.1, 0.15) is 48.6 Å². The molecule has 1 heterocycles. The zero-order chi connectivity index (χ0) is 36.0. The van der Waals surface area contributed by atoms with Crippen LogP contribution in [0.5, 0.6) is 17.2 Å². The molecule has 1 atom stereocenters. The average Bonchev–Trinajstić information content (AvgIpc) is 3.44. The molecule has 2 aliphatic rings. The maximum absolute atomic E-state index is 7.54. The zero-order valence-electron chi connectivity index (χ0n) is 30.8. The molecule has 0 N–H and O–H groups in total. The highest BCUT2D eigenvalue weighted by Gasteiger charge is 2.44. The van der Waals surface area contributed by atoms with Gasteiger partial charge in [-0.25, -0.2) is 0 Å². The van der Waals surface area contributed by atoms with Crippen molar-refractivity contribution in [3.05, 3.63) is 149 Å². The van der Waals surface area contributed by atoms with Crippen LogP contribution in [0.3, 0.4) is 0 Å². The Bertz CT molecular complexity index is 2290.